The van der Waals surface area contributed by atoms with Crippen LogP contribution in [-0.4, -0.2) is 34.1 Å². The van der Waals surface area contributed by atoms with Crippen LogP contribution in [0.4, 0.5) is 0 Å². The molecule has 0 aliphatic rings. The Kier molecular flexibility index (Phi) is 6.65. The van der Waals surface area contributed by atoms with Gasteiger partial charge < -0.3 is 10.1 Å². The van der Waals surface area contributed by atoms with E-state index < -0.39 is 9.05 Å². The number of rotatable bonds is 6. The molecule has 1 N–H and O–H groups in total. The van der Waals surface area contributed by atoms with Gasteiger partial charge in [0.2, 0.25) is 0 Å². The normalized spacial score (nSPS) is 13.0. The molecule has 8 heteroatoms. The van der Waals surface area contributed by atoms with Crippen molar-refractivity contribution in [2.45, 2.75) is 31.2 Å². The van der Waals surface area contributed by atoms with E-state index in [1.165, 1.54) is 12.1 Å². The molecule has 1 unspecified atom stereocenters. The lowest BCUT2D eigenvalue weighted by atomic mass is 10.1. The monoisotopic (exact) mass is 397 g/mol. The van der Waals surface area contributed by atoms with Gasteiger partial charge in [-0.05, 0) is 31.0 Å². The number of carbonyl (C=O) groups is 1. The fourth-order valence-corrected chi connectivity index (χ4v) is 3.15. The van der Waals surface area contributed by atoms with Crippen molar-refractivity contribution < 1.29 is 17.9 Å². The van der Waals surface area contributed by atoms with Gasteiger partial charge in [0, 0.05) is 27.8 Å². The van der Waals surface area contributed by atoms with Crippen LogP contribution >= 0.6 is 26.6 Å². The SMILES string of the molecule is CCC(COC)NC(=O)c1cc(S(=O)(=O)Cl)cc(Br)c1C. The fourth-order valence-electron chi connectivity index (χ4n) is 1.76. The summed E-state index contributed by atoms with van der Waals surface area (Å²) in [5.74, 6) is -0.362. The van der Waals surface area contributed by atoms with Gasteiger partial charge in [-0.25, -0.2) is 8.42 Å². The molecule has 0 heterocycles. The molecular formula is C13H17BrClNO4S. The molecule has 21 heavy (non-hydrogen) atoms. The second kappa shape index (κ2) is 7.58. The van der Waals surface area contributed by atoms with Crippen LogP contribution in [0.1, 0.15) is 29.3 Å². The van der Waals surface area contributed by atoms with Crippen LogP contribution in [0.2, 0.25) is 0 Å². The number of ether oxygens (including phenoxy) is 1. The zero-order valence-electron chi connectivity index (χ0n) is 11.9. The van der Waals surface area contributed by atoms with Crippen molar-refractivity contribution in [2.75, 3.05) is 13.7 Å². The highest BCUT2D eigenvalue weighted by Gasteiger charge is 2.20. The van der Waals surface area contributed by atoms with Gasteiger partial charge >= 0.3 is 0 Å². The van der Waals surface area contributed by atoms with E-state index in [1.807, 2.05) is 6.92 Å². The fraction of sp³-hybridized carbons (Fsp3) is 0.462. The Balaban J connectivity index is 3.17. The van der Waals surface area contributed by atoms with Crippen LogP contribution in [0, 0.1) is 6.92 Å². The van der Waals surface area contributed by atoms with Crippen LogP contribution in [0.25, 0.3) is 0 Å². The number of hydrogen-bond acceptors (Lipinski definition) is 4. The minimum Gasteiger partial charge on any atom is -0.383 e. The molecule has 118 valence electrons. The van der Waals surface area contributed by atoms with Crippen LogP contribution in [-0.2, 0) is 13.8 Å². The topological polar surface area (TPSA) is 72.5 Å². The molecule has 0 spiro atoms. The highest BCUT2D eigenvalue weighted by Crippen LogP contribution is 2.26. The van der Waals surface area contributed by atoms with Crippen molar-refractivity contribution in [1.82, 2.24) is 5.32 Å². The predicted molar refractivity (Wildman–Crippen MR) is 85.3 cm³/mol. The van der Waals surface area contributed by atoms with E-state index in [4.69, 9.17) is 15.4 Å². The van der Waals surface area contributed by atoms with E-state index in [0.717, 1.165) is 0 Å². The lowest BCUT2D eigenvalue weighted by Gasteiger charge is -2.17. The maximum atomic E-state index is 12.3. The molecule has 5 nitrogen and oxygen atoms in total. The van der Waals surface area contributed by atoms with Crippen molar-refractivity contribution in [1.29, 1.82) is 0 Å². The van der Waals surface area contributed by atoms with Crippen molar-refractivity contribution in [3.8, 4) is 0 Å². The Hall–Kier alpha value is -0.630. The molecule has 0 bridgehead atoms. The number of halogens is 2. The Morgan fingerprint density at radius 2 is 2.10 bits per heavy atom. The number of hydrogen-bond donors (Lipinski definition) is 1. The number of benzene rings is 1. The van der Waals surface area contributed by atoms with Gasteiger partial charge in [0.15, 0.2) is 0 Å². The summed E-state index contributed by atoms with van der Waals surface area (Å²) >= 11 is 3.24. The van der Waals surface area contributed by atoms with Crippen molar-refractivity contribution in [3.05, 3.63) is 27.7 Å². The van der Waals surface area contributed by atoms with Crippen LogP contribution in [0.3, 0.4) is 0 Å². The molecule has 0 fully saturated rings. The Bertz CT molecular complexity index is 633. The summed E-state index contributed by atoms with van der Waals surface area (Å²) < 4.78 is 28.4. The molecule has 0 aliphatic carbocycles. The summed E-state index contributed by atoms with van der Waals surface area (Å²) in [6, 6.07) is 2.51. The molecule has 1 aromatic rings. The zero-order valence-corrected chi connectivity index (χ0v) is 15.1. The first-order valence-electron chi connectivity index (χ1n) is 6.25. The lowest BCUT2D eigenvalue weighted by molar-refractivity contribution is 0.0893. The average molecular weight is 399 g/mol. The summed E-state index contributed by atoms with van der Waals surface area (Å²) in [5.41, 5.74) is 0.905. The number of methoxy groups -OCH3 is 1. The largest absolute Gasteiger partial charge is 0.383 e. The van der Waals surface area contributed by atoms with E-state index in [-0.39, 0.29) is 22.4 Å². The molecule has 1 rings (SSSR count). The van der Waals surface area contributed by atoms with Crippen LogP contribution in [0.15, 0.2) is 21.5 Å². The Morgan fingerprint density at radius 1 is 1.48 bits per heavy atom. The molecule has 0 saturated heterocycles. The van der Waals surface area contributed by atoms with Gasteiger partial charge in [-0.3, -0.25) is 4.79 Å². The number of amides is 1. The third-order valence-electron chi connectivity index (χ3n) is 3.04. The number of nitrogens with one attached hydrogen (secondary N) is 1. The van der Waals surface area contributed by atoms with Crippen molar-refractivity contribution in [2.24, 2.45) is 0 Å². The molecule has 1 amide bonds. The van der Waals surface area contributed by atoms with Gasteiger partial charge in [-0.15, -0.1) is 0 Å². The molecule has 0 aliphatic heterocycles. The van der Waals surface area contributed by atoms with Gasteiger partial charge in [0.05, 0.1) is 17.5 Å². The first-order chi connectivity index (χ1) is 9.70. The smallest absolute Gasteiger partial charge is 0.261 e. The third-order valence-corrected chi connectivity index (χ3v) is 5.20. The predicted octanol–water partition coefficient (Wildman–Crippen LogP) is 2.84. The molecule has 0 radical (unpaired) electrons. The van der Waals surface area contributed by atoms with Crippen molar-refractivity contribution >= 4 is 41.6 Å². The molecule has 1 atom stereocenters. The Morgan fingerprint density at radius 3 is 2.57 bits per heavy atom. The van der Waals surface area contributed by atoms with Crippen LogP contribution < -0.4 is 5.32 Å². The van der Waals surface area contributed by atoms with Crippen molar-refractivity contribution in [3.63, 3.8) is 0 Å². The first-order valence-corrected chi connectivity index (χ1v) is 9.35. The van der Waals surface area contributed by atoms with E-state index in [2.05, 4.69) is 21.2 Å². The quantitative estimate of drug-likeness (QED) is 0.748. The maximum Gasteiger partial charge on any atom is 0.261 e. The molecule has 0 aromatic heterocycles. The first kappa shape index (κ1) is 18.4. The van der Waals surface area contributed by atoms with Gasteiger partial charge in [-0.2, -0.15) is 0 Å². The van der Waals surface area contributed by atoms with E-state index in [9.17, 15) is 13.2 Å². The summed E-state index contributed by atoms with van der Waals surface area (Å²) in [5, 5.41) is 2.81. The summed E-state index contributed by atoms with van der Waals surface area (Å²) in [6.45, 7) is 4.03. The van der Waals surface area contributed by atoms with E-state index in [1.54, 1.807) is 14.0 Å². The maximum absolute atomic E-state index is 12.3. The minimum atomic E-state index is -3.90. The Labute approximate surface area is 137 Å². The standard InChI is InChI=1S/C13H17BrClNO4S/c1-4-9(7-20-3)16-13(17)11-5-10(21(15,18)19)6-12(14)8(11)2/h5-6,9H,4,7H2,1-3H3,(H,16,17). The van der Waals surface area contributed by atoms with Gasteiger partial charge in [-0.1, -0.05) is 22.9 Å². The number of carbonyl (C=O) groups excluding carboxylic acids is 1. The van der Waals surface area contributed by atoms with E-state index in [0.29, 0.717) is 23.1 Å². The lowest BCUT2D eigenvalue weighted by Crippen LogP contribution is -2.37. The average Bonchev–Trinajstić information content (AvgIpc) is 2.39. The zero-order chi connectivity index (χ0) is 16.2. The summed E-state index contributed by atoms with van der Waals surface area (Å²) in [4.78, 5) is 12.2. The third kappa shape index (κ3) is 4.95. The second-order valence-corrected chi connectivity index (χ2v) is 7.97. The second-order valence-electron chi connectivity index (χ2n) is 4.55. The van der Waals surface area contributed by atoms with E-state index >= 15 is 0 Å². The van der Waals surface area contributed by atoms with Gasteiger partial charge in [0.25, 0.3) is 15.0 Å². The van der Waals surface area contributed by atoms with Gasteiger partial charge in [0.1, 0.15) is 0 Å². The summed E-state index contributed by atoms with van der Waals surface area (Å²) in [6.07, 6.45) is 0.702. The minimum absolute atomic E-state index is 0.119. The van der Waals surface area contributed by atoms with Crippen LogP contribution in [0.5, 0.6) is 0 Å². The molecular weight excluding hydrogens is 382 g/mol. The summed E-state index contributed by atoms with van der Waals surface area (Å²) in [7, 11) is 2.99. The highest BCUT2D eigenvalue weighted by atomic mass is 79.9. The molecule has 0 saturated carbocycles. The highest BCUT2D eigenvalue weighted by molar-refractivity contribution is 9.10. The molecule has 1 aromatic carbocycles.